The molecule has 0 heterocycles. The van der Waals surface area contributed by atoms with Crippen LogP contribution in [0.5, 0.6) is 0 Å². The van der Waals surface area contributed by atoms with E-state index in [1.165, 1.54) is 12.1 Å². The molecule has 1 rings (SSSR count). The van der Waals surface area contributed by atoms with E-state index in [9.17, 15) is 8.42 Å². The van der Waals surface area contributed by atoms with Crippen LogP contribution in [0.15, 0.2) is 29.2 Å². The highest BCUT2D eigenvalue weighted by Crippen LogP contribution is 2.15. The van der Waals surface area contributed by atoms with Crippen LogP contribution in [0.3, 0.4) is 0 Å². The molecule has 0 aliphatic rings. The van der Waals surface area contributed by atoms with E-state index >= 15 is 0 Å². The zero-order valence-electron chi connectivity index (χ0n) is 10.8. The van der Waals surface area contributed by atoms with E-state index in [4.69, 9.17) is 5.26 Å². The molecule has 0 spiro atoms. The summed E-state index contributed by atoms with van der Waals surface area (Å²) >= 11 is 0. The van der Waals surface area contributed by atoms with Gasteiger partial charge >= 0.3 is 0 Å². The molecule has 0 aliphatic carbocycles. The van der Waals surface area contributed by atoms with Crippen LogP contribution in [0.25, 0.3) is 0 Å². The lowest BCUT2D eigenvalue weighted by molar-refractivity contribution is 0.482. The van der Waals surface area contributed by atoms with Gasteiger partial charge in [0.2, 0.25) is 10.0 Å². The number of benzene rings is 1. The number of hydrogen-bond acceptors (Lipinski definition) is 3. The van der Waals surface area contributed by atoms with E-state index in [1.807, 2.05) is 26.8 Å². The summed E-state index contributed by atoms with van der Waals surface area (Å²) in [6.45, 7) is 5.90. The summed E-state index contributed by atoms with van der Waals surface area (Å²) in [4.78, 5) is 0.0445. The molecule has 0 aliphatic heterocycles. The third kappa shape index (κ3) is 3.83. The Morgan fingerprint density at radius 1 is 1.28 bits per heavy atom. The highest BCUT2D eigenvalue weighted by Gasteiger charge is 2.20. The molecule has 5 heteroatoms. The summed E-state index contributed by atoms with van der Waals surface area (Å²) in [5.74, 6) is 0.411. The third-order valence-corrected chi connectivity index (χ3v) is 4.13. The summed E-state index contributed by atoms with van der Waals surface area (Å²) in [6.07, 6.45) is 0.758. The largest absolute Gasteiger partial charge is 0.242 e. The summed E-state index contributed by atoms with van der Waals surface area (Å²) in [7, 11) is -3.62. The van der Waals surface area contributed by atoms with Crippen LogP contribution in [-0.2, 0) is 10.0 Å². The lowest BCUT2D eigenvalue weighted by atomic mass is 10.1. The van der Waals surface area contributed by atoms with Crippen LogP contribution in [-0.4, -0.2) is 14.5 Å². The molecule has 1 unspecified atom stereocenters. The quantitative estimate of drug-likeness (QED) is 0.888. The highest BCUT2D eigenvalue weighted by atomic mass is 32.2. The Kier molecular flexibility index (Phi) is 4.88. The number of nitrogens with zero attached hydrogens (tertiary/aromatic N) is 1. The Morgan fingerprint density at radius 2 is 1.89 bits per heavy atom. The van der Waals surface area contributed by atoms with E-state index in [-0.39, 0.29) is 16.5 Å². The second-order valence-electron chi connectivity index (χ2n) is 4.76. The van der Waals surface area contributed by atoms with Gasteiger partial charge in [0.15, 0.2) is 0 Å². The molecule has 0 fully saturated rings. The summed E-state index contributed by atoms with van der Waals surface area (Å²) in [6, 6.07) is 7.96. The van der Waals surface area contributed by atoms with Gasteiger partial charge in [-0.15, -0.1) is 0 Å². The fourth-order valence-corrected chi connectivity index (χ4v) is 3.29. The number of hydrogen-bond donors (Lipinski definition) is 1. The second kappa shape index (κ2) is 5.98. The van der Waals surface area contributed by atoms with Crippen molar-refractivity contribution in [3.8, 4) is 6.07 Å². The van der Waals surface area contributed by atoms with Crippen LogP contribution >= 0.6 is 0 Å². The molecule has 0 saturated carbocycles. The molecule has 1 aromatic carbocycles. The second-order valence-corrected chi connectivity index (χ2v) is 6.44. The first kappa shape index (κ1) is 14.7. The maximum absolute atomic E-state index is 12.1. The third-order valence-electron chi connectivity index (χ3n) is 2.48. The topological polar surface area (TPSA) is 70.0 Å². The van der Waals surface area contributed by atoms with E-state index in [0.29, 0.717) is 5.92 Å². The van der Waals surface area contributed by atoms with Crippen LogP contribution in [0, 0.1) is 17.2 Å². The zero-order valence-corrected chi connectivity index (χ0v) is 11.7. The first-order valence-corrected chi connectivity index (χ1v) is 7.36. The molecular weight excluding hydrogens is 248 g/mol. The first-order valence-electron chi connectivity index (χ1n) is 5.88. The van der Waals surface area contributed by atoms with Gasteiger partial charge in [-0.1, -0.05) is 26.0 Å². The molecule has 1 atom stereocenters. The van der Waals surface area contributed by atoms with Crippen molar-refractivity contribution in [1.82, 2.24) is 4.72 Å². The molecule has 4 nitrogen and oxygen atoms in total. The SMILES string of the molecule is CC(C)CC(C)NS(=O)(=O)c1ccccc1C#N. The van der Waals surface area contributed by atoms with Crippen molar-refractivity contribution in [2.75, 3.05) is 0 Å². The molecule has 1 aromatic rings. The monoisotopic (exact) mass is 266 g/mol. The van der Waals surface area contributed by atoms with Gasteiger partial charge < -0.3 is 0 Å². The predicted octanol–water partition coefficient (Wildman–Crippen LogP) is 2.27. The van der Waals surface area contributed by atoms with Gasteiger partial charge in [-0.05, 0) is 31.4 Å². The van der Waals surface area contributed by atoms with Crippen LogP contribution in [0.2, 0.25) is 0 Å². The zero-order chi connectivity index (χ0) is 13.8. The Morgan fingerprint density at radius 3 is 2.44 bits per heavy atom. The van der Waals surface area contributed by atoms with E-state index < -0.39 is 10.0 Å². The van der Waals surface area contributed by atoms with Crippen molar-refractivity contribution in [1.29, 1.82) is 5.26 Å². The number of nitrogens with one attached hydrogen (secondary N) is 1. The van der Waals surface area contributed by atoms with Crippen molar-refractivity contribution in [2.45, 2.75) is 38.1 Å². The van der Waals surface area contributed by atoms with Crippen LogP contribution in [0.1, 0.15) is 32.8 Å². The lowest BCUT2D eigenvalue weighted by Crippen LogP contribution is -2.33. The summed E-state index contributed by atoms with van der Waals surface area (Å²) in [5, 5.41) is 8.92. The van der Waals surface area contributed by atoms with Gasteiger partial charge in [-0.3, -0.25) is 0 Å². The maximum Gasteiger partial charge on any atom is 0.242 e. The normalized spacial score (nSPS) is 13.3. The molecule has 1 N–H and O–H groups in total. The van der Waals surface area contributed by atoms with Gasteiger partial charge in [-0.25, -0.2) is 13.1 Å². The van der Waals surface area contributed by atoms with Crippen molar-refractivity contribution in [3.05, 3.63) is 29.8 Å². The minimum atomic E-state index is -3.62. The standard InChI is InChI=1S/C13H18N2O2S/c1-10(2)8-11(3)15-18(16,17)13-7-5-4-6-12(13)9-14/h4-7,10-11,15H,8H2,1-3H3. The van der Waals surface area contributed by atoms with Crippen molar-refractivity contribution < 1.29 is 8.42 Å². The van der Waals surface area contributed by atoms with Crippen LogP contribution < -0.4 is 4.72 Å². The Labute approximate surface area is 109 Å². The van der Waals surface area contributed by atoms with Gasteiger partial charge in [-0.2, -0.15) is 5.26 Å². The molecule has 0 amide bonds. The average Bonchev–Trinajstić information content (AvgIpc) is 2.27. The smallest absolute Gasteiger partial charge is 0.208 e. The fourth-order valence-electron chi connectivity index (χ4n) is 1.88. The lowest BCUT2D eigenvalue weighted by Gasteiger charge is -2.16. The highest BCUT2D eigenvalue weighted by molar-refractivity contribution is 7.89. The molecule has 0 aromatic heterocycles. The molecular formula is C13H18N2O2S. The summed E-state index contributed by atoms with van der Waals surface area (Å²) in [5.41, 5.74) is 0.168. The first-order chi connectivity index (χ1) is 8.36. The number of nitriles is 1. The molecule has 0 radical (unpaired) electrons. The maximum atomic E-state index is 12.1. The van der Waals surface area contributed by atoms with E-state index in [0.717, 1.165) is 6.42 Å². The molecule has 98 valence electrons. The Hall–Kier alpha value is -1.38. The summed E-state index contributed by atoms with van der Waals surface area (Å²) < 4.78 is 26.9. The number of rotatable bonds is 5. The molecule has 0 saturated heterocycles. The van der Waals surface area contributed by atoms with Crippen molar-refractivity contribution in [2.24, 2.45) is 5.92 Å². The van der Waals surface area contributed by atoms with Crippen LogP contribution in [0.4, 0.5) is 0 Å². The predicted molar refractivity (Wildman–Crippen MR) is 70.4 cm³/mol. The average molecular weight is 266 g/mol. The minimum Gasteiger partial charge on any atom is -0.208 e. The molecule has 0 bridgehead atoms. The van der Waals surface area contributed by atoms with Gasteiger partial charge in [0.05, 0.1) is 10.5 Å². The van der Waals surface area contributed by atoms with E-state index in [1.54, 1.807) is 12.1 Å². The van der Waals surface area contributed by atoms with Gasteiger partial charge in [0.25, 0.3) is 0 Å². The number of sulfonamides is 1. The molecule has 18 heavy (non-hydrogen) atoms. The Bertz CT molecular complexity index is 544. The fraction of sp³-hybridized carbons (Fsp3) is 0.462. The van der Waals surface area contributed by atoms with Crippen molar-refractivity contribution in [3.63, 3.8) is 0 Å². The van der Waals surface area contributed by atoms with Crippen molar-refractivity contribution >= 4 is 10.0 Å². The van der Waals surface area contributed by atoms with Gasteiger partial charge in [0, 0.05) is 6.04 Å². The Balaban J connectivity index is 2.97. The minimum absolute atomic E-state index is 0.0445. The van der Waals surface area contributed by atoms with E-state index in [2.05, 4.69) is 4.72 Å². The van der Waals surface area contributed by atoms with Gasteiger partial charge in [0.1, 0.15) is 6.07 Å².